The first-order chi connectivity index (χ1) is 11.4. The van der Waals surface area contributed by atoms with Crippen molar-refractivity contribution in [2.24, 2.45) is 7.05 Å². The van der Waals surface area contributed by atoms with Crippen LogP contribution in [0.25, 0.3) is 0 Å². The number of aromatic nitrogens is 4. The molecule has 3 rings (SSSR count). The van der Waals surface area contributed by atoms with Gasteiger partial charge < -0.3 is 5.32 Å². The molecule has 8 heteroatoms. The van der Waals surface area contributed by atoms with E-state index in [1.807, 2.05) is 0 Å². The van der Waals surface area contributed by atoms with E-state index in [1.165, 1.54) is 16.9 Å². The monoisotopic (exact) mass is 347 g/mol. The summed E-state index contributed by atoms with van der Waals surface area (Å²) in [5, 5.41) is 11.3. The first-order valence-corrected chi connectivity index (χ1v) is 7.59. The molecule has 1 aromatic carbocycles. The minimum absolute atomic E-state index is 0.174. The zero-order valence-corrected chi connectivity index (χ0v) is 13.9. The lowest BCUT2D eigenvalue weighted by molar-refractivity contribution is 0.102. The van der Waals surface area contributed by atoms with Crippen LogP contribution < -0.4 is 5.32 Å². The predicted molar refractivity (Wildman–Crippen MR) is 88.6 cm³/mol. The fourth-order valence-electron chi connectivity index (χ4n) is 2.38. The number of halogens is 2. The van der Waals surface area contributed by atoms with Crippen LogP contribution in [-0.2, 0) is 13.6 Å². The summed E-state index contributed by atoms with van der Waals surface area (Å²) in [6.45, 7) is 1.94. The summed E-state index contributed by atoms with van der Waals surface area (Å²) in [5.74, 6) is -0.668. The van der Waals surface area contributed by atoms with E-state index in [0.717, 1.165) is 0 Å². The molecular formula is C16H15ClFN5O. The Morgan fingerprint density at radius 1 is 1.38 bits per heavy atom. The number of carbonyl (C=O) groups is 1. The Labute approximate surface area is 142 Å². The maximum absolute atomic E-state index is 13.8. The van der Waals surface area contributed by atoms with Gasteiger partial charge in [0, 0.05) is 30.0 Å². The molecule has 6 nitrogen and oxygen atoms in total. The van der Waals surface area contributed by atoms with E-state index in [4.69, 9.17) is 11.6 Å². The van der Waals surface area contributed by atoms with Crippen LogP contribution in [0.5, 0.6) is 0 Å². The molecule has 1 amide bonds. The second-order valence-electron chi connectivity index (χ2n) is 5.38. The van der Waals surface area contributed by atoms with Gasteiger partial charge in [0.1, 0.15) is 5.82 Å². The van der Waals surface area contributed by atoms with Gasteiger partial charge in [0.05, 0.1) is 29.7 Å². The highest BCUT2D eigenvalue weighted by molar-refractivity contribution is 6.31. The molecule has 0 aliphatic carbocycles. The lowest BCUT2D eigenvalue weighted by atomic mass is 10.2. The molecule has 0 bridgehead atoms. The third-order valence-corrected chi connectivity index (χ3v) is 3.89. The van der Waals surface area contributed by atoms with Gasteiger partial charge in [0.25, 0.3) is 5.91 Å². The predicted octanol–water partition coefficient (Wildman–Crippen LogP) is 3.02. The van der Waals surface area contributed by atoms with Gasteiger partial charge in [-0.2, -0.15) is 10.2 Å². The van der Waals surface area contributed by atoms with Crippen LogP contribution in [-0.4, -0.2) is 25.5 Å². The Morgan fingerprint density at radius 3 is 2.83 bits per heavy atom. The minimum atomic E-state index is -0.394. The second-order valence-corrected chi connectivity index (χ2v) is 5.79. The molecule has 0 aliphatic rings. The van der Waals surface area contributed by atoms with E-state index >= 15 is 0 Å². The molecule has 24 heavy (non-hydrogen) atoms. The van der Waals surface area contributed by atoms with Crippen molar-refractivity contribution in [2.45, 2.75) is 13.5 Å². The summed E-state index contributed by atoms with van der Waals surface area (Å²) in [5.41, 5.74) is 1.99. The Hall–Kier alpha value is -2.67. The van der Waals surface area contributed by atoms with E-state index in [2.05, 4.69) is 15.5 Å². The number of aryl methyl sites for hydroxylation is 2. The summed E-state index contributed by atoms with van der Waals surface area (Å²) in [6, 6.07) is 4.52. The number of amides is 1. The summed E-state index contributed by atoms with van der Waals surface area (Å²) in [7, 11) is 1.75. The van der Waals surface area contributed by atoms with Crippen molar-refractivity contribution in [1.29, 1.82) is 0 Å². The minimum Gasteiger partial charge on any atom is -0.319 e. The molecule has 0 saturated heterocycles. The van der Waals surface area contributed by atoms with E-state index in [-0.39, 0.29) is 12.5 Å². The van der Waals surface area contributed by atoms with Crippen LogP contribution in [0.2, 0.25) is 5.02 Å². The van der Waals surface area contributed by atoms with E-state index in [9.17, 15) is 9.18 Å². The molecule has 2 aromatic heterocycles. The van der Waals surface area contributed by atoms with Crippen molar-refractivity contribution in [3.63, 3.8) is 0 Å². The van der Waals surface area contributed by atoms with Crippen molar-refractivity contribution in [1.82, 2.24) is 19.6 Å². The van der Waals surface area contributed by atoms with Crippen LogP contribution in [0.1, 0.15) is 21.6 Å². The number of rotatable bonds is 4. The fraction of sp³-hybridized carbons (Fsp3) is 0.188. The number of nitrogens with one attached hydrogen (secondary N) is 1. The topological polar surface area (TPSA) is 64.7 Å². The number of benzene rings is 1. The van der Waals surface area contributed by atoms with Crippen molar-refractivity contribution in [3.8, 4) is 0 Å². The number of carbonyl (C=O) groups excluding carboxylic acids is 1. The van der Waals surface area contributed by atoms with Gasteiger partial charge in [-0.15, -0.1) is 0 Å². The van der Waals surface area contributed by atoms with Gasteiger partial charge in [-0.25, -0.2) is 4.39 Å². The van der Waals surface area contributed by atoms with E-state index < -0.39 is 5.82 Å². The fourth-order valence-corrected chi connectivity index (χ4v) is 2.60. The molecule has 0 fully saturated rings. The first kappa shape index (κ1) is 16.2. The molecule has 124 valence electrons. The summed E-state index contributed by atoms with van der Waals surface area (Å²) in [4.78, 5) is 12.2. The number of anilines is 1. The third-order valence-electron chi connectivity index (χ3n) is 3.53. The smallest absolute Gasteiger partial charge is 0.259 e. The van der Waals surface area contributed by atoms with Crippen LogP contribution >= 0.6 is 11.6 Å². The van der Waals surface area contributed by atoms with Crippen LogP contribution in [0.4, 0.5) is 10.1 Å². The van der Waals surface area contributed by atoms with E-state index in [1.54, 1.807) is 43.2 Å². The van der Waals surface area contributed by atoms with Gasteiger partial charge in [-0.1, -0.05) is 17.7 Å². The van der Waals surface area contributed by atoms with Crippen molar-refractivity contribution < 1.29 is 9.18 Å². The zero-order chi connectivity index (χ0) is 17.3. The standard InChI is InChI=1S/C16H15ClFN5O/c1-10-12(8-22(2)21-10)16(24)20-11-6-19-23(7-11)9-13-14(17)4-3-5-15(13)18/h3-8H,9H2,1-2H3,(H,20,24). The number of hydrogen-bond acceptors (Lipinski definition) is 3. The maximum Gasteiger partial charge on any atom is 0.259 e. The summed E-state index contributed by atoms with van der Waals surface area (Å²) >= 11 is 6.01. The van der Waals surface area contributed by atoms with E-state index in [0.29, 0.717) is 27.5 Å². The molecule has 0 radical (unpaired) electrons. The molecule has 0 unspecified atom stereocenters. The number of nitrogens with zero attached hydrogens (tertiary/aromatic N) is 4. The first-order valence-electron chi connectivity index (χ1n) is 7.21. The molecule has 0 atom stereocenters. The van der Waals surface area contributed by atoms with Crippen LogP contribution in [0, 0.1) is 12.7 Å². The summed E-state index contributed by atoms with van der Waals surface area (Å²) in [6.07, 6.45) is 4.76. The molecule has 0 aliphatic heterocycles. The van der Waals surface area contributed by atoms with Gasteiger partial charge in [-0.05, 0) is 19.1 Å². The third kappa shape index (κ3) is 3.30. The van der Waals surface area contributed by atoms with Gasteiger partial charge in [-0.3, -0.25) is 14.2 Å². The second kappa shape index (κ2) is 6.45. The quantitative estimate of drug-likeness (QED) is 0.789. The van der Waals surface area contributed by atoms with Crippen LogP contribution in [0.3, 0.4) is 0 Å². The summed E-state index contributed by atoms with van der Waals surface area (Å²) < 4.78 is 16.9. The van der Waals surface area contributed by atoms with Gasteiger partial charge in [0.2, 0.25) is 0 Å². The lowest BCUT2D eigenvalue weighted by Crippen LogP contribution is -2.12. The molecular weight excluding hydrogens is 333 g/mol. The normalized spacial score (nSPS) is 10.8. The molecule has 0 saturated carbocycles. The Balaban J connectivity index is 1.74. The average Bonchev–Trinajstić information content (AvgIpc) is 3.09. The highest BCUT2D eigenvalue weighted by Crippen LogP contribution is 2.20. The SMILES string of the molecule is Cc1nn(C)cc1C(=O)Nc1cnn(Cc2c(F)cccc2Cl)c1. The van der Waals surface area contributed by atoms with Crippen LogP contribution in [0.15, 0.2) is 36.8 Å². The Morgan fingerprint density at radius 2 is 2.17 bits per heavy atom. The maximum atomic E-state index is 13.8. The Kier molecular flexibility index (Phi) is 4.35. The van der Waals surface area contributed by atoms with Crippen molar-refractivity contribution in [3.05, 3.63) is 64.5 Å². The van der Waals surface area contributed by atoms with Crippen molar-refractivity contribution >= 4 is 23.2 Å². The van der Waals surface area contributed by atoms with Gasteiger partial charge in [0.15, 0.2) is 0 Å². The highest BCUT2D eigenvalue weighted by atomic mass is 35.5. The van der Waals surface area contributed by atoms with Crippen molar-refractivity contribution in [2.75, 3.05) is 5.32 Å². The Bertz CT molecular complexity index is 882. The largest absolute Gasteiger partial charge is 0.319 e. The molecule has 2 heterocycles. The number of hydrogen-bond donors (Lipinski definition) is 1. The van der Waals surface area contributed by atoms with Gasteiger partial charge >= 0.3 is 0 Å². The molecule has 3 aromatic rings. The average molecular weight is 348 g/mol. The molecule has 0 spiro atoms. The molecule has 1 N–H and O–H groups in total. The highest BCUT2D eigenvalue weighted by Gasteiger charge is 2.14. The lowest BCUT2D eigenvalue weighted by Gasteiger charge is -2.05. The zero-order valence-electron chi connectivity index (χ0n) is 13.1.